The molecule has 0 spiro atoms. The van der Waals surface area contributed by atoms with Crippen LogP contribution < -0.4 is 10.9 Å². The van der Waals surface area contributed by atoms with Crippen LogP contribution in [0.15, 0.2) is 34.0 Å². The van der Waals surface area contributed by atoms with E-state index in [1.54, 1.807) is 6.07 Å². The number of piperidine rings is 1. The summed E-state index contributed by atoms with van der Waals surface area (Å²) in [5.74, 6) is -0.365. The number of aromatic nitrogens is 1. The van der Waals surface area contributed by atoms with Crippen molar-refractivity contribution < 1.29 is 13.2 Å². The van der Waals surface area contributed by atoms with E-state index in [-0.39, 0.29) is 16.4 Å². The molecule has 1 aliphatic heterocycles. The van der Waals surface area contributed by atoms with Crippen LogP contribution in [0, 0.1) is 0 Å². The fourth-order valence-corrected chi connectivity index (χ4v) is 5.95. The monoisotopic (exact) mass is 476 g/mol. The molecule has 0 aliphatic carbocycles. The van der Waals surface area contributed by atoms with Gasteiger partial charge in [0.25, 0.3) is 5.91 Å². The predicted octanol–water partition coefficient (Wildman–Crippen LogP) is 2.94. The van der Waals surface area contributed by atoms with Crippen LogP contribution in [-0.4, -0.2) is 67.8 Å². The quantitative estimate of drug-likeness (QED) is 0.486. The van der Waals surface area contributed by atoms with Crippen LogP contribution in [0.2, 0.25) is 0 Å². The summed E-state index contributed by atoms with van der Waals surface area (Å²) in [4.78, 5) is 30.3. The summed E-state index contributed by atoms with van der Waals surface area (Å²) in [5, 5.41) is 3.34. The molecule has 0 radical (unpaired) electrons. The molecule has 0 unspecified atom stereocenters. The smallest absolute Gasteiger partial charge is 0.252 e. The second-order valence-electron chi connectivity index (χ2n) is 8.67. The molecule has 8 nitrogen and oxygen atoms in total. The molecule has 182 valence electrons. The van der Waals surface area contributed by atoms with Gasteiger partial charge in [-0.2, -0.15) is 4.31 Å². The molecule has 9 heteroatoms. The summed E-state index contributed by atoms with van der Waals surface area (Å²) in [5.41, 5.74) is 0.252. The number of hydrogen-bond acceptors (Lipinski definition) is 5. The molecular weight excluding hydrogens is 440 g/mol. The number of fused-ring (bicyclic) bond motifs is 1. The van der Waals surface area contributed by atoms with Crippen molar-refractivity contribution in [1.82, 2.24) is 19.5 Å². The Balaban J connectivity index is 1.78. The first-order valence-electron chi connectivity index (χ1n) is 12.0. The maximum absolute atomic E-state index is 13.1. The second kappa shape index (κ2) is 11.8. The minimum atomic E-state index is -3.64. The number of nitrogens with one attached hydrogen (secondary N) is 2. The number of pyridine rings is 1. The number of nitrogens with zero attached hydrogens (tertiary/aromatic N) is 2. The highest BCUT2D eigenvalue weighted by Crippen LogP contribution is 2.25. The van der Waals surface area contributed by atoms with E-state index in [2.05, 4.69) is 29.0 Å². The molecule has 33 heavy (non-hydrogen) atoms. The van der Waals surface area contributed by atoms with Crippen molar-refractivity contribution >= 4 is 26.8 Å². The highest BCUT2D eigenvalue weighted by atomic mass is 32.2. The van der Waals surface area contributed by atoms with Crippen molar-refractivity contribution in [2.24, 2.45) is 0 Å². The third-order valence-electron chi connectivity index (χ3n) is 6.03. The molecule has 0 bridgehead atoms. The topological polar surface area (TPSA) is 103 Å². The second-order valence-corrected chi connectivity index (χ2v) is 10.6. The number of H-pyrrole nitrogens is 1. The van der Waals surface area contributed by atoms with Crippen molar-refractivity contribution in [1.29, 1.82) is 0 Å². The lowest BCUT2D eigenvalue weighted by Crippen LogP contribution is -2.35. The lowest BCUT2D eigenvalue weighted by Gasteiger charge is -2.26. The van der Waals surface area contributed by atoms with Gasteiger partial charge in [0.05, 0.1) is 10.5 Å². The van der Waals surface area contributed by atoms with Gasteiger partial charge in [-0.25, -0.2) is 8.42 Å². The van der Waals surface area contributed by atoms with Gasteiger partial charge in [-0.3, -0.25) is 9.59 Å². The number of aromatic amines is 1. The molecule has 2 aromatic rings. The summed E-state index contributed by atoms with van der Waals surface area (Å²) in [7, 11) is -3.64. The van der Waals surface area contributed by atoms with Crippen LogP contribution in [0.3, 0.4) is 0 Å². The van der Waals surface area contributed by atoms with Crippen molar-refractivity contribution in [3.05, 3.63) is 40.2 Å². The van der Waals surface area contributed by atoms with Gasteiger partial charge in [-0.15, -0.1) is 0 Å². The Labute approximate surface area is 196 Å². The standard InChI is InChI=1S/C24H36N4O4S/c1-3-12-27(13-4-2)14-8-11-25-24(30)21-18-23(29)26-22-10-9-19(17-20(21)22)33(31,32)28-15-6-5-7-16-28/h9-10,17-18H,3-8,11-16H2,1-2H3,(H,25,30)(H,26,29). The van der Waals surface area contributed by atoms with E-state index in [4.69, 9.17) is 0 Å². The molecule has 1 aromatic heterocycles. The van der Waals surface area contributed by atoms with E-state index < -0.39 is 15.6 Å². The van der Waals surface area contributed by atoms with E-state index in [9.17, 15) is 18.0 Å². The largest absolute Gasteiger partial charge is 0.352 e. The Bertz CT molecular complexity index is 1100. The fourth-order valence-electron chi connectivity index (χ4n) is 4.40. The van der Waals surface area contributed by atoms with Crippen LogP contribution in [0.4, 0.5) is 0 Å². The van der Waals surface area contributed by atoms with Crippen molar-refractivity contribution in [2.45, 2.75) is 57.3 Å². The van der Waals surface area contributed by atoms with Crippen LogP contribution in [-0.2, 0) is 10.0 Å². The molecule has 1 amide bonds. The van der Waals surface area contributed by atoms with Gasteiger partial charge in [0, 0.05) is 36.6 Å². The molecular formula is C24H36N4O4S. The highest BCUT2D eigenvalue weighted by molar-refractivity contribution is 7.89. The van der Waals surface area contributed by atoms with Gasteiger partial charge in [-0.05, 0) is 69.9 Å². The van der Waals surface area contributed by atoms with Crippen LogP contribution in [0.5, 0.6) is 0 Å². The zero-order valence-corrected chi connectivity index (χ0v) is 20.5. The van der Waals surface area contributed by atoms with E-state index in [1.165, 1.54) is 22.5 Å². The molecule has 2 heterocycles. The number of hydrogen-bond donors (Lipinski definition) is 2. The van der Waals surface area contributed by atoms with Crippen molar-refractivity contribution in [3.8, 4) is 0 Å². The zero-order chi connectivity index (χ0) is 23.8. The van der Waals surface area contributed by atoms with E-state index in [0.29, 0.717) is 30.5 Å². The van der Waals surface area contributed by atoms with Gasteiger partial charge in [0.2, 0.25) is 15.6 Å². The normalized spacial score (nSPS) is 15.2. The fraction of sp³-hybridized carbons (Fsp3) is 0.583. The van der Waals surface area contributed by atoms with Gasteiger partial charge in [0.15, 0.2) is 0 Å². The van der Waals surface area contributed by atoms with Crippen molar-refractivity contribution in [2.75, 3.05) is 39.3 Å². The molecule has 1 aromatic carbocycles. The minimum Gasteiger partial charge on any atom is -0.352 e. The first-order valence-corrected chi connectivity index (χ1v) is 13.5. The number of carbonyl (C=O) groups is 1. The summed E-state index contributed by atoms with van der Waals surface area (Å²) >= 11 is 0. The molecule has 1 aliphatic rings. The minimum absolute atomic E-state index is 0.146. The SMILES string of the molecule is CCCN(CCC)CCCNC(=O)c1cc(=O)[nH]c2ccc(S(=O)(=O)N3CCCCC3)cc12. The average molecular weight is 477 g/mol. The van der Waals surface area contributed by atoms with E-state index >= 15 is 0 Å². The average Bonchev–Trinajstić information content (AvgIpc) is 2.81. The van der Waals surface area contributed by atoms with Crippen LogP contribution in [0.1, 0.15) is 62.7 Å². The predicted molar refractivity (Wildman–Crippen MR) is 131 cm³/mol. The van der Waals surface area contributed by atoms with Crippen molar-refractivity contribution in [3.63, 3.8) is 0 Å². The number of sulfonamides is 1. The number of carbonyl (C=O) groups excluding carboxylic acids is 1. The van der Waals surface area contributed by atoms with Gasteiger partial charge in [-0.1, -0.05) is 20.3 Å². The third-order valence-corrected chi connectivity index (χ3v) is 7.92. The Morgan fingerprint density at radius 3 is 2.42 bits per heavy atom. The van der Waals surface area contributed by atoms with Gasteiger partial charge < -0.3 is 15.2 Å². The summed E-state index contributed by atoms with van der Waals surface area (Å²) in [6.07, 6.45) is 5.72. The maximum atomic E-state index is 13.1. The first kappa shape index (κ1) is 25.4. The van der Waals surface area contributed by atoms with Crippen LogP contribution >= 0.6 is 0 Å². The van der Waals surface area contributed by atoms with Gasteiger partial charge in [0.1, 0.15) is 0 Å². The first-order chi connectivity index (χ1) is 15.9. The molecule has 0 saturated carbocycles. The number of benzene rings is 1. The maximum Gasteiger partial charge on any atom is 0.252 e. The molecule has 1 fully saturated rings. The number of amides is 1. The lowest BCUT2D eigenvalue weighted by atomic mass is 10.1. The summed E-state index contributed by atoms with van der Waals surface area (Å²) < 4.78 is 27.7. The highest BCUT2D eigenvalue weighted by Gasteiger charge is 2.26. The Morgan fingerprint density at radius 2 is 1.76 bits per heavy atom. The van der Waals surface area contributed by atoms with Gasteiger partial charge >= 0.3 is 0 Å². The summed E-state index contributed by atoms with van der Waals surface area (Å²) in [6.45, 7) is 8.78. The Kier molecular flexibility index (Phi) is 9.05. The van der Waals surface area contributed by atoms with Crippen LogP contribution in [0.25, 0.3) is 10.9 Å². The van der Waals surface area contributed by atoms with E-state index in [0.717, 1.165) is 58.2 Å². The summed E-state index contributed by atoms with van der Waals surface area (Å²) in [6, 6.07) is 5.82. The lowest BCUT2D eigenvalue weighted by molar-refractivity contribution is 0.0953. The molecule has 2 N–H and O–H groups in total. The molecule has 0 atom stereocenters. The Hall–Kier alpha value is -2.23. The zero-order valence-electron chi connectivity index (χ0n) is 19.7. The number of rotatable bonds is 11. The van der Waals surface area contributed by atoms with E-state index in [1.807, 2.05) is 0 Å². The Morgan fingerprint density at radius 1 is 1.06 bits per heavy atom. The molecule has 1 saturated heterocycles. The molecule has 3 rings (SSSR count). The third kappa shape index (κ3) is 6.43.